The molecular formula is C16H17ClFN3O2. The van der Waals surface area contributed by atoms with Gasteiger partial charge in [-0.1, -0.05) is 12.1 Å². The van der Waals surface area contributed by atoms with Crippen molar-refractivity contribution in [3.63, 3.8) is 0 Å². The minimum Gasteiger partial charge on any atom is -0.462 e. The summed E-state index contributed by atoms with van der Waals surface area (Å²) < 4.78 is 19.0. The molecule has 0 amide bonds. The molecule has 23 heavy (non-hydrogen) atoms. The Kier molecular flexibility index (Phi) is 5.50. The number of rotatable bonds is 5. The van der Waals surface area contributed by atoms with E-state index in [0.29, 0.717) is 5.56 Å². The molecule has 1 atom stereocenters. The van der Waals surface area contributed by atoms with Crippen molar-refractivity contribution >= 4 is 23.4 Å². The van der Waals surface area contributed by atoms with Crippen molar-refractivity contribution in [3.8, 4) is 0 Å². The minimum absolute atomic E-state index is 0.0165. The average molecular weight is 338 g/mol. The van der Waals surface area contributed by atoms with E-state index in [-0.39, 0.29) is 29.1 Å². The summed E-state index contributed by atoms with van der Waals surface area (Å²) in [6, 6.07) is 4.53. The van der Waals surface area contributed by atoms with Crippen LogP contribution in [0.4, 0.5) is 10.2 Å². The maximum absolute atomic E-state index is 14.1. The zero-order chi connectivity index (χ0) is 17.0. The van der Waals surface area contributed by atoms with Gasteiger partial charge in [0.2, 0.25) is 5.28 Å². The molecule has 0 aliphatic rings. The number of carbonyl (C=O) groups excluding carboxylic acids is 1. The van der Waals surface area contributed by atoms with Crippen molar-refractivity contribution in [2.45, 2.75) is 26.8 Å². The number of anilines is 1. The maximum Gasteiger partial charge on any atom is 0.343 e. The highest BCUT2D eigenvalue weighted by atomic mass is 35.5. The van der Waals surface area contributed by atoms with E-state index in [0.717, 1.165) is 5.56 Å². The third-order valence-corrected chi connectivity index (χ3v) is 3.41. The van der Waals surface area contributed by atoms with Crippen molar-refractivity contribution in [3.05, 3.63) is 52.2 Å². The molecule has 1 aromatic carbocycles. The van der Waals surface area contributed by atoms with Crippen molar-refractivity contribution in [1.82, 2.24) is 9.97 Å². The van der Waals surface area contributed by atoms with Gasteiger partial charge in [0.1, 0.15) is 17.2 Å². The van der Waals surface area contributed by atoms with Crippen molar-refractivity contribution in [2.75, 3.05) is 11.9 Å². The van der Waals surface area contributed by atoms with Crippen LogP contribution in [0.15, 0.2) is 24.4 Å². The number of carbonyl (C=O) groups is 1. The SMILES string of the molecule is CCOC(=O)c1cnc(Cl)nc1N[C@H](C)c1ccc(C)cc1F. The first-order chi connectivity index (χ1) is 10.9. The molecule has 0 aliphatic carbocycles. The summed E-state index contributed by atoms with van der Waals surface area (Å²) in [7, 11) is 0. The van der Waals surface area contributed by atoms with Crippen LogP contribution in [0.2, 0.25) is 5.28 Å². The first-order valence-corrected chi connectivity index (χ1v) is 7.52. The molecule has 0 unspecified atom stereocenters. The highest BCUT2D eigenvalue weighted by Crippen LogP contribution is 2.24. The monoisotopic (exact) mass is 337 g/mol. The molecule has 1 heterocycles. The highest BCUT2D eigenvalue weighted by Gasteiger charge is 2.19. The highest BCUT2D eigenvalue weighted by molar-refractivity contribution is 6.28. The molecule has 0 saturated carbocycles. The summed E-state index contributed by atoms with van der Waals surface area (Å²) in [6.45, 7) is 5.50. The van der Waals surface area contributed by atoms with Crippen LogP contribution < -0.4 is 5.32 Å². The zero-order valence-electron chi connectivity index (χ0n) is 13.1. The Bertz CT molecular complexity index is 724. The summed E-state index contributed by atoms with van der Waals surface area (Å²) in [5.74, 6) is -0.693. The molecule has 5 nitrogen and oxygen atoms in total. The molecule has 0 fully saturated rings. The Morgan fingerprint density at radius 1 is 1.48 bits per heavy atom. The quantitative estimate of drug-likeness (QED) is 0.661. The Morgan fingerprint density at radius 2 is 2.22 bits per heavy atom. The molecule has 1 aromatic heterocycles. The number of nitrogens with zero attached hydrogens (tertiary/aromatic N) is 2. The molecule has 0 bridgehead atoms. The van der Waals surface area contributed by atoms with Crippen LogP contribution in [-0.2, 0) is 4.74 Å². The van der Waals surface area contributed by atoms with E-state index in [1.807, 2.05) is 13.0 Å². The summed E-state index contributed by atoms with van der Waals surface area (Å²) in [5, 5.41) is 2.97. The van der Waals surface area contributed by atoms with E-state index in [2.05, 4.69) is 15.3 Å². The van der Waals surface area contributed by atoms with E-state index < -0.39 is 12.0 Å². The second kappa shape index (κ2) is 7.37. The summed E-state index contributed by atoms with van der Waals surface area (Å²) in [5.41, 5.74) is 1.44. The molecule has 0 aliphatic heterocycles. The lowest BCUT2D eigenvalue weighted by molar-refractivity contribution is 0.0526. The molecule has 0 spiro atoms. The molecule has 7 heteroatoms. The second-order valence-corrected chi connectivity index (χ2v) is 5.35. The lowest BCUT2D eigenvalue weighted by Crippen LogP contribution is -2.15. The topological polar surface area (TPSA) is 64.1 Å². The Hall–Kier alpha value is -2.21. The zero-order valence-corrected chi connectivity index (χ0v) is 13.8. The van der Waals surface area contributed by atoms with Crippen molar-refractivity contribution < 1.29 is 13.9 Å². The Labute approximate surface area is 138 Å². The number of halogens is 2. The first-order valence-electron chi connectivity index (χ1n) is 7.14. The van der Waals surface area contributed by atoms with E-state index in [1.54, 1.807) is 19.9 Å². The number of esters is 1. The number of hydrogen-bond acceptors (Lipinski definition) is 5. The lowest BCUT2D eigenvalue weighted by atomic mass is 10.1. The molecule has 0 radical (unpaired) electrons. The number of hydrogen-bond donors (Lipinski definition) is 1. The summed E-state index contributed by atoms with van der Waals surface area (Å²) in [6.07, 6.45) is 1.29. The molecule has 2 rings (SSSR count). The van der Waals surface area contributed by atoms with Crippen LogP contribution in [-0.4, -0.2) is 22.5 Å². The van der Waals surface area contributed by atoms with Gasteiger partial charge in [-0.15, -0.1) is 0 Å². The predicted octanol–water partition coefficient (Wildman–Crippen LogP) is 3.93. The third kappa shape index (κ3) is 4.16. The molecule has 0 saturated heterocycles. The molecule has 2 aromatic rings. The van der Waals surface area contributed by atoms with E-state index >= 15 is 0 Å². The fourth-order valence-electron chi connectivity index (χ4n) is 2.09. The fourth-order valence-corrected chi connectivity index (χ4v) is 2.23. The average Bonchev–Trinajstić information content (AvgIpc) is 2.47. The molecule has 1 N–H and O–H groups in total. The predicted molar refractivity (Wildman–Crippen MR) is 86.2 cm³/mol. The van der Waals surface area contributed by atoms with Gasteiger partial charge < -0.3 is 10.1 Å². The fraction of sp³-hybridized carbons (Fsp3) is 0.312. The smallest absolute Gasteiger partial charge is 0.343 e. The normalized spacial score (nSPS) is 11.9. The van der Waals surface area contributed by atoms with E-state index in [4.69, 9.17) is 16.3 Å². The van der Waals surface area contributed by atoms with Gasteiger partial charge >= 0.3 is 5.97 Å². The second-order valence-electron chi connectivity index (χ2n) is 5.01. The number of nitrogens with one attached hydrogen (secondary N) is 1. The first kappa shape index (κ1) is 17.1. The van der Waals surface area contributed by atoms with Crippen LogP contribution in [0.1, 0.15) is 41.4 Å². The van der Waals surface area contributed by atoms with Crippen molar-refractivity contribution in [2.24, 2.45) is 0 Å². The van der Waals surface area contributed by atoms with Crippen molar-refractivity contribution in [1.29, 1.82) is 0 Å². The van der Waals surface area contributed by atoms with Crippen LogP contribution >= 0.6 is 11.6 Å². The number of benzene rings is 1. The van der Waals surface area contributed by atoms with Gasteiger partial charge in [0.25, 0.3) is 0 Å². The van der Waals surface area contributed by atoms with Gasteiger partial charge in [0, 0.05) is 11.8 Å². The Balaban J connectivity index is 2.31. The van der Waals surface area contributed by atoms with Gasteiger partial charge in [-0.25, -0.2) is 14.2 Å². The minimum atomic E-state index is -0.566. The number of ether oxygens (including phenoxy) is 1. The summed E-state index contributed by atoms with van der Waals surface area (Å²) in [4.78, 5) is 19.7. The van der Waals surface area contributed by atoms with Crippen LogP contribution in [0.3, 0.4) is 0 Å². The maximum atomic E-state index is 14.1. The van der Waals surface area contributed by atoms with Gasteiger partial charge in [0.05, 0.1) is 12.6 Å². The lowest BCUT2D eigenvalue weighted by Gasteiger charge is -2.17. The van der Waals surface area contributed by atoms with E-state index in [1.165, 1.54) is 12.3 Å². The van der Waals surface area contributed by atoms with Gasteiger partial charge in [-0.05, 0) is 44.0 Å². The van der Waals surface area contributed by atoms with Gasteiger partial charge in [-0.2, -0.15) is 4.98 Å². The number of aromatic nitrogens is 2. The van der Waals surface area contributed by atoms with Crippen LogP contribution in [0.25, 0.3) is 0 Å². The number of aryl methyl sites for hydroxylation is 1. The Morgan fingerprint density at radius 3 is 2.87 bits per heavy atom. The largest absolute Gasteiger partial charge is 0.462 e. The standard InChI is InChI=1S/C16H17ClFN3O2/c1-4-23-15(22)12-8-19-16(17)21-14(12)20-10(3)11-6-5-9(2)7-13(11)18/h5-8,10H,4H2,1-3H3,(H,19,20,21)/t10-/m1/s1. The van der Waals surface area contributed by atoms with E-state index in [9.17, 15) is 9.18 Å². The third-order valence-electron chi connectivity index (χ3n) is 3.23. The van der Waals surface area contributed by atoms with Crippen LogP contribution in [0, 0.1) is 12.7 Å². The molecule has 122 valence electrons. The van der Waals surface area contributed by atoms with Gasteiger partial charge in [0.15, 0.2) is 0 Å². The van der Waals surface area contributed by atoms with Gasteiger partial charge in [-0.3, -0.25) is 0 Å². The summed E-state index contributed by atoms with van der Waals surface area (Å²) >= 11 is 5.79. The van der Waals surface area contributed by atoms with Crippen LogP contribution in [0.5, 0.6) is 0 Å². The molecular weight excluding hydrogens is 321 g/mol.